The molecule has 2 aromatic rings. The first-order valence-corrected chi connectivity index (χ1v) is 8.91. The quantitative estimate of drug-likeness (QED) is 0.241. The Morgan fingerprint density at radius 3 is 2.38 bits per heavy atom. The summed E-state index contributed by atoms with van der Waals surface area (Å²) in [7, 11) is 0. The second-order valence-electron chi connectivity index (χ2n) is 6.20. The molecule has 29 heavy (non-hydrogen) atoms. The lowest BCUT2D eigenvalue weighted by atomic mass is 10.1. The first kappa shape index (κ1) is 22.0. The van der Waals surface area contributed by atoms with Crippen molar-refractivity contribution >= 4 is 23.2 Å². The van der Waals surface area contributed by atoms with Gasteiger partial charge in [-0.3, -0.25) is 0 Å². The average molecular weight is 408 g/mol. The third-order valence-electron chi connectivity index (χ3n) is 3.90. The third kappa shape index (κ3) is 6.68. The summed E-state index contributed by atoms with van der Waals surface area (Å²) in [5, 5.41) is 10.0. The lowest BCUT2D eigenvalue weighted by molar-refractivity contribution is -0.136. The smallest absolute Gasteiger partial charge is 0.382 e. The molecule has 0 aliphatic rings. The summed E-state index contributed by atoms with van der Waals surface area (Å²) in [4.78, 5) is 12.1. The van der Waals surface area contributed by atoms with Crippen LogP contribution in [0.1, 0.15) is 30.9 Å². The lowest BCUT2D eigenvalue weighted by Crippen LogP contribution is -2.30. The zero-order valence-electron chi connectivity index (χ0n) is 15.8. The molecule has 0 bridgehead atoms. The second-order valence-corrected chi connectivity index (χ2v) is 6.20. The van der Waals surface area contributed by atoms with Crippen LogP contribution in [0.4, 0.5) is 29.3 Å². The molecule has 0 saturated heterocycles. The normalized spacial score (nSPS) is 11.8. The molecule has 7 nitrogen and oxygen atoms in total. The number of halogens is 3. The number of amidine groups is 1. The summed E-state index contributed by atoms with van der Waals surface area (Å²) in [6.07, 6.45) is -2.72. The first-order valence-electron chi connectivity index (χ1n) is 8.91. The van der Waals surface area contributed by atoms with Crippen molar-refractivity contribution in [1.82, 2.24) is 5.12 Å². The van der Waals surface area contributed by atoms with E-state index in [4.69, 9.17) is 11.6 Å². The van der Waals surface area contributed by atoms with Crippen molar-refractivity contribution < 1.29 is 18.0 Å². The van der Waals surface area contributed by atoms with E-state index in [1.807, 2.05) is 6.92 Å². The minimum Gasteiger partial charge on any atom is -0.382 e. The molecule has 0 aromatic heterocycles. The molecule has 0 spiro atoms. The Morgan fingerprint density at radius 2 is 1.76 bits per heavy atom. The fourth-order valence-electron chi connectivity index (χ4n) is 2.41. The number of amides is 2. The van der Waals surface area contributed by atoms with E-state index in [9.17, 15) is 18.0 Å². The molecule has 0 radical (unpaired) electrons. The maximum Gasteiger partial charge on any atom is 0.418 e. The standard InChI is InChI=1S/C19H23F3N6O/c1-2-3-12-28(24)27-17(23)13-8-10-14(11-9-13)25-18(29)26-16-7-5-4-6-15(16)19(20,21)22/h4-11H,2-3,12,24H2,1H3,(H2,23,27)(H2,25,26,29). The molecular formula is C19H23F3N6O. The van der Waals surface area contributed by atoms with E-state index in [0.29, 0.717) is 17.8 Å². The van der Waals surface area contributed by atoms with Gasteiger partial charge in [0.25, 0.3) is 0 Å². The van der Waals surface area contributed by atoms with E-state index in [0.717, 1.165) is 18.9 Å². The van der Waals surface area contributed by atoms with Crippen molar-refractivity contribution in [2.45, 2.75) is 25.9 Å². The van der Waals surface area contributed by atoms with Crippen molar-refractivity contribution in [2.75, 3.05) is 17.2 Å². The summed E-state index contributed by atoms with van der Waals surface area (Å²) in [5.41, 5.74) is 5.60. The minimum atomic E-state index is -4.57. The van der Waals surface area contributed by atoms with Crippen LogP contribution in [0, 0.1) is 0 Å². The van der Waals surface area contributed by atoms with E-state index in [1.165, 1.54) is 23.3 Å². The monoisotopic (exact) mass is 408 g/mol. The summed E-state index contributed by atoms with van der Waals surface area (Å²) in [5.74, 6) is 5.94. The number of hydrazone groups is 1. The molecule has 0 aliphatic carbocycles. The second kappa shape index (κ2) is 9.78. The Bertz CT molecular complexity index is 852. The van der Waals surface area contributed by atoms with E-state index >= 15 is 0 Å². The molecule has 156 valence electrons. The number of urea groups is 1. The number of hydrogen-bond acceptors (Lipinski definition) is 4. The summed E-state index contributed by atoms with van der Waals surface area (Å²) in [6.45, 7) is 2.60. The van der Waals surface area contributed by atoms with E-state index < -0.39 is 17.8 Å². The number of para-hydroxylation sites is 1. The number of nitrogens with zero attached hydrogens (tertiary/aromatic N) is 2. The van der Waals surface area contributed by atoms with Gasteiger partial charge in [-0.1, -0.05) is 25.5 Å². The van der Waals surface area contributed by atoms with Crippen LogP contribution >= 0.6 is 0 Å². The van der Waals surface area contributed by atoms with Crippen LogP contribution in [-0.2, 0) is 6.18 Å². The summed E-state index contributed by atoms with van der Waals surface area (Å²) >= 11 is 0. The van der Waals surface area contributed by atoms with Crippen molar-refractivity contribution in [3.63, 3.8) is 0 Å². The molecule has 0 unspecified atom stereocenters. The summed E-state index contributed by atoms with van der Waals surface area (Å²) in [6, 6.07) is 10.3. The van der Waals surface area contributed by atoms with Gasteiger partial charge in [0.15, 0.2) is 5.84 Å². The van der Waals surface area contributed by atoms with Gasteiger partial charge in [-0.05, 0) is 42.8 Å². The van der Waals surface area contributed by atoms with Gasteiger partial charge < -0.3 is 16.4 Å². The molecule has 2 rings (SSSR count). The maximum atomic E-state index is 13.0. The van der Waals surface area contributed by atoms with Gasteiger partial charge in [0, 0.05) is 11.3 Å². The molecule has 0 fully saturated rings. The average Bonchev–Trinajstić information content (AvgIpc) is 2.66. The van der Waals surface area contributed by atoms with Gasteiger partial charge in [0.1, 0.15) is 0 Å². The van der Waals surface area contributed by atoms with E-state index in [2.05, 4.69) is 15.7 Å². The number of hydrogen-bond donors (Lipinski definition) is 4. The number of anilines is 2. The fraction of sp³-hybridized carbons (Fsp3) is 0.263. The van der Waals surface area contributed by atoms with Gasteiger partial charge >= 0.3 is 12.2 Å². The molecular weight excluding hydrogens is 385 g/mol. The van der Waals surface area contributed by atoms with E-state index in [1.54, 1.807) is 24.3 Å². The van der Waals surface area contributed by atoms with Crippen LogP contribution in [0.15, 0.2) is 53.6 Å². The highest BCUT2D eigenvalue weighted by Gasteiger charge is 2.33. The van der Waals surface area contributed by atoms with Crippen LogP contribution < -0.4 is 22.2 Å². The Morgan fingerprint density at radius 1 is 1.10 bits per heavy atom. The van der Waals surface area contributed by atoms with Gasteiger partial charge in [-0.2, -0.15) is 13.2 Å². The molecule has 0 aliphatic heterocycles. The number of nitrogens with two attached hydrogens (primary N) is 2. The number of carbonyl (C=O) groups excluding carboxylic acids is 1. The van der Waals surface area contributed by atoms with Gasteiger partial charge in [-0.25, -0.2) is 15.8 Å². The minimum absolute atomic E-state index is 0.207. The van der Waals surface area contributed by atoms with Crippen molar-refractivity contribution in [3.8, 4) is 0 Å². The van der Waals surface area contributed by atoms with E-state index in [-0.39, 0.29) is 11.5 Å². The number of unbranched alkanes of at least 4 members (excludes halogenated alkanes) is 1. The Hall–Kier alpha value is -3.27. The first-order chi connectivity index (χ1) is 13.7. The molecule has 0 heterocycles. The zero-order valence-corrected chi connectivity index (χ0v) is 15.8. The fourth-order valence-corrected chi connectivity index (χ4v) is 2.41. The highest BCUT2D eigenvalue weighted by atomic mass is 19.4. The molecule has 6 N–H and O–H groups in total. The molecule has 2 amide bonds. The highest BCUT2D eigenvalue weighted by Crippen LogP contribution is 2.34. The topological polar surface area (TPSA) is 109 Å². The zero-order chi connectivity index (χ0) is 21.4. The Balaban J connectivity index is 2.02. The number of nitrogens with one attached hydrogen (secondary N) is 2. The van der Waals surface area contributed by atoms with Crippen LogP contribution in [0.2, 0.25) is 0 Å². The molecule has 2 aromatic carbocycles. The third-order valence-corrected chi connectivity index (χ3v) is 3.90. The van der Waals surface area contributed by atoms with Crippen molar-refractivity contribution in [1.29, 1.82) is 0 Å². The number of hydrazine groups is 1. The van der Waals surface area contributed by atoms with Gasteiger partial charge in [0.2, 0.25) is 0 Å². The van der Waals surface area contributed by atoms with Crippen molar-refractivity contribution in [2.24, 2.45) is 16.7 Å². The maximum absolute atomic E-state index is 13.0. The number of rotatable bonds is 7. The van der Waals surface area contributed by atoms with Gasteiger partial charge in [-0.15, -0.1) is 5.10 Å². The SMILES string of the molecule is CCCCN(N)/N=C(\N)c1ccc(NC(=O)Nc2ccccc2C(F)(F)F)cc1. The summed E-state index contributed by atoms with van der Waals surface area (Å²) < 4.78 is 39.0. The van der Waals surface area contributed by atoms with Crippen LogP contribution in [-0.4, -0.2) is 23.5 Å². The van der Waals surface area contributed by atoms with Crippen LogP contribution in [0.3, 0.4) is 0 Å². The predicted octanol–water partition coefficient (Wildman–Crippen LogP) is 3.95. The van der Waals surface area contributed by atoms with Crippen LogP contribution in [0.25, 0.3) is 0 Å². The Labute approximate surface area is 166 Å². The predicted molar refractivity (Wildman–Crippen MR) is 107 cm³/mol. The highest BCUT2D eigenvalue weighted by molar-refractivity contribution is 6.01. The number of alkyl halides is 3. The van der Waals surface area contributed by atoms with Crippen molar-refractivity contribution in [3.05, 3.63) is 59.7 Å². The largest absolute Gasteiger partial charge is 0.418 e. The Kier molecular flexibility index (Phi) is 7.43. The lowest BCUT2D eigenvalue weighted by Gasteiger charge is -2.14. The molecule has 0 atom stereocenters. The molecule has 0 saturated carbocycles. The number of benzene rings is 2. The van der Waals surface area contributed by atoms with Gasteiger partial charge in [0.05, 0.1) is 17.8 Å². The van der Waals surface area contributed by atoms with Crippen LogP contribution in [0.5, 0.6) is 0 Å². The number of carbonyl (C=O) groups is 1. The molecule has 10 heteroatoms.